The standard InChI is InChI=1S/C11H19NO3/c1-15-9-4-2-3-8(9)12-10(11(13)14)7-5-6-7/h7-10,12H,2-6H2,1H3,(H,13,14). The van der Waals surface area contributed by atoms with Gasteiger partial charge >= 0.3 is 5.97 Å². The number of carboxylic acids is 1. The molecule has 0 aromatic carbocycles. The van der Waals surface area contributed by atoms with Gasteiger partial charge in [0.2, 0.25) is 0 Å². The number of aliphatic carboxylic acids is 1. The van der Waals surface area contributed by atoms with Gasteiger partial charge in [-0.3, -0.25) is 10.1 Å². The van der Waals surface area contributed by atoms with Crippen molar-refractivity contribution >= 4 is 5.97 Å². The van der Waals surface area contributed by atoms with Crippen molar-refractivity contribution in [1.29, 1.82) is 0 Å². The Hall–Kier alpha value is -0.610. The predicted molar refractivity (Wildman–Crippen MR) is 55.7 cm³/mol. The molecule has 2 N–H and O–H groups in total. The molecule has 0 aliphatic heterocycles. The maximum Gasteiger partial charge on any atom is 0.320 e. The summed E-state index contributed by atoms with van der Waals surface area (Å²) in [7, 11) is 1.71. The summed E-state index contributed by atoms with van der Waals surface area (Å²) in [6.07, 6.45) is 5.52. The number of carbonyl (C=O) groups is 1. The van der Waals surface area contributed by atoms with E-state index in [-0.39, 0.29) is 18.2 Å². The van der Waals surface area contributed by atoms with Gasteiger partial charge in [0, 0.05) is 13.2 Å². The van der Waals surface area contributed by atoms with Crippen LogP contribution in [-0.2, 0) is 9.53 Å². The number of hydrogen-bond acceptors (Lipinski definition) is 3. The molecule has 0 aromatic rings. The number of rotatable bonds is 5. The molecule has 2 fully saturated rings. The van der Waals surface area contributed by atoms with Crippen LogP contribution in [0.15, 0.2) is 0 Å². The maximum absolute atomic E-state index is 11.1. The van der Waals surface area contributed by atoms with Crippen molar-refractivity contribution in [2.75, 3.05) is 7.11 Å². The quantitative estimate of drug-likeness (QED) is 0.715. The fourth-order valence-corrected chi connectivity index (χ4v) is 2.47. The monoisotopic (exact) mass is 213 g/mol. The van der Waals surface area contributed by atoms with Crippen molar-refractivity contribution in [2.24, 2.45) is 5.92 Å². The van der Waals surface area contributed by atoms with Gasteiger partial charge in [-0.2, -0.15) is 0 Å². The Labute approximate surface area is 90.0 Å². The number of methoxy groups -OCH3 is 1. The number of nitrogens with one attached hydrogen (secondary N) is 1. The van der Waals surface area contributed by atoms with Gasteiger partial charge in [-0.1, -0.05) is 0 Å². The van der Waals surface area contributed by atoms with E-state index in [1.165, 1.54) is 0 Å². The SMILES string of the molecule is COC1CCCC1NC(C(=O)O)C1CC1. The summed E-state index contributed by atoms with van der Waals surface area (Å²) in [5.74, 6) is -0.361. The Morgan fingerprint density at radius 3 is 2.67 bits per heavy atom. The highest BCUT2D eigenvalue weighted by molar-refractivity contribution is 5.74. The van der Waals surface area contributed by atoms with Crippen LogP contribution in [0, 0.1) is 5.92 Å². The minimum Gasteiger partial charge on any atom is -0.480 e. The average Bonchev–Trinajstić information content (AvgIpc) is 2.93. The Kier molecular flexibility index (Phi) is 3.26. The Morgan fingerprint density at radius 1 is 1.40 bits per heavy atom. The third-order valence-electron chi connectivity index (χ3n) is 3.51. The molecule has 3 unspecified atom stereocenters. The minimum atomic E-state index is -0.709. The van der Waals surface area contributed by atoms with E-state index in [1.807, 2.05) is 0 Å². The smallest absolute Gasteiger partial charge is 0.320 e. The van der Waals surface area contributed by atoms with Gasteiger partial charge in [-0.25, -0.2) is 0 Å². The predicted octanol–water partition coefficient (Wildman–Crippen LogP) is 1.01. The van der Waals surface area contributed by atoms with Gasteiger partial charge in [-0.15, -0.1) is 0 Å². The van der Waals surface area contributed by atoms with Gasteiger partial charge in [0.1, 0.15) is 6.04 Å². The van der Waals surface area contributed by atoms with E-state index in [1.54, 1.807) is 7.11 Å². The van der Waals surface area contributed by atoms with Gasteiger partial charge in [0.25, 0.3) is 0 Å². The molecular formula is C11H19NO3. The zero-order valence-corrected chi connectivity index (χ0v) is 9.11. The molecule has 4 nitrogen and oxygen atoms in total. The molecule has 2 aliphatic rings. The van der Waals surface area contributed by atoms with Crippen LogP contribution in [0.3, 0.4) is 0 Å². The lowest BCUT2D eigenvalue weighted by Crippen LogP contribution is -2.48. The topological polar surface area (TPSA) is 58.6 Å². The highest BCUT2D eigenvalue weighted by Gasteiger charge is 2.39. The molecule has 0 heterocycles. The zero-order chi connectivity index (χ0) is 10.8. The van der Waals surface area contributed by atoms with Crippen molar-refractivity contribution < 1.29 is 14.6 Å². The second kappa shape index (κ2) is 4.49. The van der Waals surface area contributed by atoms with Gasteiger partial charge in [0.05, 0.1) is 6.10 Å². The summed E-state index contributed by atoms with van der Waals surface area (Å²) in [6, 6.07) is -0.123. The molecule has 86 valence electrons. The third-order valence-corrected chi connectivity index (χ3v) is 3.51. The molecule has 0 saturated heterocycles. The van der Waals surface area contributed by atoms with E-state index in [0.29, 0.717) is 5.92 Å². The van der Waals surface area contributed by atoms with Gasteiger partial charge in [0.15, 0.2) is 0 Å². The molecule has 0 amide bonds. The lowest BCUT2D eigenvalue weighted by molar-refractivity contribution is -0.140. The normalized spacial score (nSPS) is 32.9. The van der Waals surface area contributed by atoms with Crippen molar-refractivity contribution in [3.05, 3.63) is 0 Å². The Morgan fingerprint density at radius 2 is 2.13 bits per heavy atom. The third kappa shape index (κ3) is 2.49. The Balaban J connectivity index is 1.90. The van der Waals surface area contributed by atoms with Crippen molar-refractivity contribution in [1.82, 2.24) is 5.32 Å². The summed E-state index contributed by atoms with van der Waals surface area (Å²) >= 11 is 0. The largest absolute Gasteiger partial charge is 0.480 e. The van der Waals surface area contributed by atoms with Crippen LogP contribution in [0.4, 0.5) is 0 Å². The van der Waals surface area contributed by atoms with E-state index in [4.69, 9.17) is 9.84 Å². The van der Waals surface area contributed by atoms with E-state index in [9.17, 15) is 4.79 Å². The number of hydrogen-bond donors (Lipinski definition) is 2. The molecule has 3 atom stereocenters. The van der Waals surface area contributed by atoms with E-state index in [0.717, 1.165) is 32.1 Å². The second-order valence-electron chi connectivity index (χ2n) is 4.63. The first-order valence-electron chi connectivity index (χ1n) is 5.74. The first kappa shape index (κ1) is 10.9. The van der Waals surface area contributed by atoms with Crippen molar-refractivity contribution in [3.8, 4) is 0 Å². The van der Waals surface area contributed by atoms with E-state index < -0.39 is 5.97 Å². The maximum atomic E-state index is 11.1. The fraction of sp³-hybridized carbons (Fsp3) is 0.909. The summed E-state index contributed by atoms with van der Waals surface area (Å²) in [5.41, 5.74) is 0. The van der Waals surface area contributed by atoms with Crippen LogP contribution in [0.25, 0.3) is 0 Å². The molecule has 2 rings (SSSR count). The molecule has 0 spiro atoms. The van der Waals surface area contributed by atoms with Crippen LogP contribution in [0.2, 0.25) is 0 Å². The average molecular weight is 213 g/mol. The summed E-state index contributed by atoms with van der Waals surface area (Å²) in [5, 5.41) is 12.4. The summed E-state index contributed by atoms with van der Waals surface area (Å²) < 4.78 is 5.35. The Bertz CT molecular complexity index is 240. The molecule has 4 heteroatoms. The lowest BCUT2D eigenvalue weighted by atomic mass is 10.1. The molecule has 0 aromatic heterocycles. The first-order chi connectivity index (χ1) is 7.22. The van der Waals surface area contributed by atoms with Gasteiger partial charge < -0.3 is 9.84 Å². The molecule has 15 heavy (non-hydrogen) atoms. The second-order valence-corrected chi connectivity index (χ2v) is 4.63. The number of ether oxygens (including phenoxy) is 1. The van der Waals surface area contributed by atoms with E-state index >= 15 is 0 Å². The van der Waals surface area contributed by atoms with Crippen LogP contribution < -0.4 is 5.32 Å². The molecule has 0 radical (unpaired) electrons. The molecule has 0 bridgehead atoms. The van der Waals surface area contributed by atoms with Crippen LogP contribution in [0.5, 0.6) is 0 Å². The summed E-state index contributed by atoms with van der Waals surface area (Å²) in [4.78, 5) is 11.1. The van der Waals surface area contributed by atoms with Crippen LogP contribution >= 0.6 is 0 Å². The molecule has 2 aliphatic carbocycles. The minimum absolute atomic E-state index is 0.200. The molecule has 2 saturated carbocycles. The highest BCUT2D eigenvalue weighted by Crippen LogP contribution is 2.34. The summed E-state index contributed by atoms with van der Waals surface area (Å²) in [6.45, 7) is 0. The van der Waals surface area contributed by atoms with Crippen LogP contribution in [-0.4, -0.2) is 36.4 Å². The van der Waals surface area contributed by atoms with Crippen molar-refractivity contribution in [2.45, 2.75) is 50.3 Å². The number of carboxylic acid groups (broad SMARTS) is 1. The van der Waals surface area contributed by atoms with Crippen LogP contribution in [0.1, 0.15) is 32.1 Å². The highest BCUT2D eigenvalue weighted by atomic mass is 16.5. The van der Waals surface area contributed by atoms with Crippen molar-refractivity contribution in [3.63, 3.8) is 0 Å². The first-order valence-corrected chi connectivity index (χ1v) is 5.74. The van der Waals surface area contributed by atoms with Gasteiger partial charge in [-0.05, 0) is 38.0 Å². The molecular weight excluding hydrogens is 194 g/mol. The lowest BCUT2D eigenvalue weighted by Gasteiger charge is -2.23. The fourth-order valence-electron chi connectivity index (χ4n) is 2.47. The zero-order valence-electron chi connectivity index (χ0n) is 9.11. The van der Waals surface area contributed by atoms with E-state index in [2.05, 4.69) is 5.32 Å².